The van der Waals surface area contributed by atoms with Crippen LogP contribution < -0.4 is 5.73 Å². The summed E-state index contributed by atoms with van der Waals surface area (Å²) in [5.74, 6) is 0.0297. The van der Waals surface area contributed by atoms with Gasteiger partial charge in [0.25, 0.3) is 5.91 Å². The second kappa shape index (κ2) is 5.32. The number of nitrogens with zero attached hydrogens (tertiary/aromatic N) is 4. The number of piperidine rings is 1. The van der Waals surface area contributed by atoms with Gasteiger partial charge in [-0.1, -0.05) is 6.07 Å². The Morgan fingerprint density at radius 1 is 1.40 bits per heavy atom. The first-order chi connectivity index (χ1) is 9.74. The van der Waals surface area contributed by atoms with E-state index >= 15 is 0 Å². The molecule has 1 atom stereocenters. The molecule has 0 aliphatic carbocycles. The highest BCUT2D eigenvalue weighted by Gasteiger charge is 2.25. The van der Waals surface area contributed by atoms with E-state index in [2.05, 4.69) is 10.1 Å². The number of benzene rings is 1. The molecule has 2 heterocycles. The van der Waals surface area contributed by atoms with Crippen LogP contribution in [0.25, 0.3) is 0 Å². The number of nitrogens with two attached hydrogens (primary N) is 1. The molecule has 1 unspecified atom stereocenters. The summed E-state index contributed by atoms with van der Waals surface area (Å²) in [7, 11) is 0. The van der Waals surface area contributed by atoms with E-state index in [9.17, 15) is 4.79 Å². The van der Waals surface area contributed by atoms with Gasteiger partial charge >= 0.3 is 0 Å². The Labute approximate surface area is 117 Å². The van der Waals surface area contributed by atoms with E-state index in [0.29, 0.717) is 17.8 Å². The van der Waals surface area contributed by atoms with Crippen molar-refractivity contribution in [2.75, 3.05) is 18.8 Å². The van der Waals surface area contributed by atoms with Crippen LogP contribution >= 0.6 is 0 Å². The molecule has 20 heavy (non-hydrogen) atoms. The number of nitrogen functional groups attached to an aromatic ring is 1. The van der Waals surface area contributed by atoms with Gasteiger partial charge in [-0.3, -0.25) is 4.79 Å². The number of rotatable bonds is 2. The molecule has 0 bridgehead atoms. The third-order valence-corrected chi connectivity index (χ3v) is 3.63. The van der Waals surface area contributed by atoms with Crippen molar-refractivity contribution in [2.45, 2.75) is 18.9 Å². The fourth-order valence-electron chi connectivity index (χ4n) is 2.62. The molecule has 1 fully saturated rings. The Bertz CT molecular complexity index is 595. The second-order valence-electron chi connectivity index (χ2n) is 5.05. The highest BCUT2D eigenvalue weighted by atomic mass is 16.2. The first-order valence-electron chi connectivity index (χ1n) is 6.73. The Morgan fingerprint density at radius 3 is 3.05 bits per heavy atom. The number of carbonyl (C=O) groups is 1. The summed E-state index contributed by atoms with van der Waals surface area (Å²) >= 11 is 0. The average Bonchev–Trinajstić information content (AvgIpc) is 3.01. The maximum Gasteiger partial charge on any atom is 0.254 e. The molecule has 1 saturated heterocycles. The molecule has 0 radical (unpaired) electrons. The lowest BCUT2D eigenvalue weighted by molar-refractivity contribution is 0.0673. The molecule has 2 aromatic rings. The number of hydrogen-bond donors (Lipinski definition) is 1. The second-order valence-corrected chi connectivity index (χ2v) is 5.05. The number of carbonyl (C=O) groups excluding carboxylic acids is 1. The van der Waals surface area contributed by atoms with Crippen LogP contribution in [0.2, 0.25) is 0 Å². The highest BCUT2D eigenvalue weighted by Crippen LogP contribution is 2.22. The van der Waals surface area contributed by atoms with Crippen LogP contribution in [0.3, 0.4) is 0 Å². The van der Waals surface area contributed by atoms with Crippen LogP contribution in [-0.2, 0) is 0 Å². The molecule has 0 saturated carbocycles. The standard InChI is InChI=1S/C14H17N5O/c15-12-4-1-3-11(7-12)14(20)18-6-2-5-13(8-18)19-10-16-9-17-19/h1,3-4,7,9-10,13H,2,5-6,8,15H2. The van der Waals surface area contributed by atoms with Crippen LogP contribution in [0.5, 0.6) is 0 Å². The lowest BCUT2D eigenvalue weighted by Gasteiger charge is -2.32. The summed E-state index contributed by atoms with van der Waals surface area (Å²) in [4.78, 5) is 18.3. The SMILES string of the molecule is Nc1cccc(C(=O)N2CCCC(n3cncn3)C2)c1. The van der Waals surface area contributed by atoms with Gasteiger partial charge in [-0.05, 0) is 31.0 Å². The Morgan fingerprint density at radius 2 is 2.30 bits per heavy atom. The van der Waals surface area contributed by atoms with E-state index in [4.69, 9.17) is 5.73 Å². The topological polar surface area (TPSA) is 77.0 Å². The lowest BCUT2D eigenvalue weighted by Crippen LogP contribution is -2.40. The summed E-state index contributed by atoms with van der Waals surface area (Å²) in [6, 6.07) is 7.32. The maximum absolute atomic E-state index is 12.5. The van der Waals surface area contributed by atoms with Crippen molar-refractivity contribution in [3.05, 3.63) is 42.5 Å². The minimum atomic E-state index is 0.0297. The summed E-state index contributed by atoms with van der Waals surface area (Å²) in [5, 5.41) is 4.17. The van der Waals surface area contributed by atoms with Gasteiger partial charge in [-0.15, -0.1) is 0 Å². The van der Waals surface area contributed by atoms with Gasteiger partial charge in [-0.25, -0.2) is 9.67 Å². The third kappa shape index (κ3) is 2.49. The summed E-state index contributed by atoms with van der Waals surface area (Å²) in [5.41, 5.74) is 6.99. The van der Waals surface area contributed by atoms with Gasteiger partial charge in [0.15, 0.2) is 0 Å². The van der Waals surface area contributed by atoms with Gasteiger partial charge in [0.1, 0.15) is 12.7 Å². The minimum absolute atomic E-state index is 0.0297. The molecule has 2 N–H and O–H groups in total. The number of anilines is 1. The first-order valence-corrected chi connectivity index (χ1v) is 6.73. The number of amides is 1. The fraction of sp³-hybridized carbons (Fsp3) is 0.357. The smallest absolute Gasteiger partial charge is 0.254 e. The van der Waals surface area contributed by atoms with Crippen molar-refractivity contribution < 1.29 is 4.79 Å². The number of likely N-dealkylation sites (tertiary alicyclic amines) is 1. The van der Waals surface area contributed by atoms with E-state index in [-0.39, 0.29) is 11.9 Å². The van der Waals surface area contributed by atoms with E-state index in [0.717, 1.165) is 19.4 Å². The molecule has 1 amide bonds. The zero-order valence-electron chi connectivity index (χ0n) is 11.1. The van der Waals surface area contributed by atoms with Gasteiger partial charge in [0, 0.05) is 24.3 Å². The predicted octanol–water partition coefficient (Wildman–Crippen LogP) is 1.34. The van der Waals surface area contributed by atoms with Crippen molar-refractivity contribution >= 4 is 11.6 Å². The van der Waals surface area contributed by atoms with Crippen molar-refractivity contribution in [3.63, 3.8) is 0 Å². The zero-order valence-corrected chi connectivity index (χ0v) is 11.1. The van der Waals surface area contributed by atoms with E-state index in [1.54, 1.807) is 30.6 Å². The minimum Gasteiger partial charge on any atom is -0.399 e. The summed E-state index contributed by atoms with van der Waals surface area (Å²) < 4.78 is 1.83. The molecule has 3 rings (SSSR count). The van der Waals surface area contributed by atoms with Crippen molar-refractivity contribution in [1.29, 1.82) is 0 Å². The van der Waals surface area contributed by atoms with Crippen LogP contribution in [0.15, 0.2) is 36.9 Å². The Balaban J connectivity index is 1.75. The van der Waals surface area contributed by atoms with Crippen LogP contribution in [-0.4, -0.2) is 38.7 Å². The number of aromatic nitrogens is 3. The number of hydrogen-bond acceptors (Lipinski definition) is 4. The van der Waals surface area contributed by atoms with E-state index in [1.165, 1.54) is 6.33 Å². The van der Waals surface area contributed by atoms with Crippen LogP contribution in [0.1, 0.15) is 29.2 Å². The quantitative estimate of drug-likeness (QED) is 0.836. The van der Waals surface area contributed by atoms with Crippen molar-refractivity contribution in [3.8, 4) is 0 Å². The molecule has 1 aliphatic heterocycles. The monoisotopic (exact) mass is 271 g/mol. The first kappa shape index (κ1) is 12.7. The maximum atomic E-state index is 12.5. The van der Waals surface area contributed by atoms with Crippen LogP contribution in [0.4, 0.5) is 5.69 Å². The van der Waals surface area contributed by atoms with Crippen LogP contribution in [0, 0.1) is 0 Å². The van der Waals surface area contributed by atoms with Crippen molar-refractivity contribution in [2.24, 2.45) is 0 Å². The van der Waals surface area contributed by atoms with E-state index < -0.39 is 0 Å². The Kier molecular flexibility index (Phi) is 3.37. The van der Waals surface area contributed by atoms with Crippen molar-refractivity contribution in [1.82, 2.24) is 19.7 Å². The lowest BCUT2D eigenvalue weighted by atomic mass is 10.0. The largest absolute Gasteiger partial charge is 0.399 e. The normalized spacial score (nSPS) is 19.0. The average molecular weight is 271 g/mol. The predicted molar refractivity (Wildman–Crippen MR) is 75.1 cm³/mol. The van der Waals surface area contributed by atoms with Gasteiger partial charge in [0.2, 0.25) is 0 Å². The summed E-state index contributed by atoms with van der Waals surface area (Å²) in [6.45, 7) is 1.44. The van der Waals surface area contributed by atoms with Gasteiger partial charge in [-0.2, -0.15) is 5.10 Å². The third-order valence-electron chi connectivity index (χ3n) is 3.63. The molecule has 1 aliphatic rings. The summed E-state index contributed by atoms with van der Waals surface area (Å²) in [6.07, 6.45) is 5.22. The van der Waals surface area contributed by atoms with Gasteiger partial charge < -0.3 is 10.6 Å². The Hall–Kier alpha value is -2.37. The molecule has 1 aromatic carbocycles. The highest BCUT2D eigenvalue weighted by molar-refractivity contribution is 5.95. The molecule has 6 nitrogen and oxygen atoms in total. The van der Waals surface area contributed by atoms with E-state index in [1.807, 2.05) is 9.58 Å². The molecular weight excluding hydrogens is 254 g/mol. The molecule has 1 aromatic heterocycles. The molecule has 104 valence electrons. The van der Waals surface area contributed by atoms with Gasteiger partial charge in [0.05, 0.1) is 6.04 Å². The molecule has 6 heteroatoms. The molecule has 0 spiro atoms. The zero-order chi connectivity index (χ0) is 13.9. The molecular formula is C14H17N5O. The fourth-order valence-corrected chi connectivity index (χ4v) is 2.62.